The van der Waals surface area contributed by atoms with Gasteiger partial charge in [0.05, 0.1) is 13.2 Å². The van der Waals surface area contributed by atoms with E-state index in [1.165, 1.54) is 13.2 Å². The summed E-state index contributed by atoms with van der Waals surface area (Å²) in [4.78, 5) is 0. The monoisotopic (exact) mass is 227 g/mol. The molecule has 16 heavy (non-hydrogen) atoms. The highest BCUT2D eigenvalue weighted by Gasteiger charge is 2.11. The first-order chi connectivity index (χ1) is 7.54. The lowest BCUT2D eigenvalue weighted by Crippen LogP contribution is -2.27. The van der Waals surface area contributed by atoms with E-state index in [1.54, 1.807) is 19.1 Å². The van der Waals surface area contributed by atoms with E-state index < -0.39 is 6.10 Å². The predicted molar refractivity (Wildman–Crippen MR) is 61.1 cm³/mol. The van der Waals surface area contributed by atoms with Gasteiger partial charge in [-0.15, -0.1) is 0 Å². The van der Waals surface area contributed by atoms with Gasteiger partial charge in [0.1, 0.15) is 11.6 Å². The second kappa shape index (κ2) is 5.82. The Bertz CT molecular complexity index is 342. The lowest BCUT2D eigenvalue weighted by molar-refractivity contribution is 0.187. The van der Waals surface area contributed by atoms with Crippen molar-refractivity contribution in [3.05, 3.63) is 29.6 Å². The molecule has 1 aromatic rings. The third-order valence-electron chi connectivity index (χ3n) is 2.39. The molecule has 90 valence electrons. The number of halogens is 1. The molecule has 0 bridgehead atoms. The van der Waals surface area contributed by atoms with Crippen LogP contribution in [0.4, 0.5) is 4.39 Å². The zero-order chi connectivity index (χ0) is 12.1. The summed E-state index contributed by atoms with van der Waals surface area (Å²) in [7, 11) is 1.50. The van der Waals surface area contributed by atoms with Crippen molar-refractivity contribution < 1.29 is 14.2 Å². The molecule has 4 heteroatoms. The van der Waals surface area contributed by atoms with Crippen LogP contribution in [-0.4, -0.2) is 24.9 Å². The number of hydrogen-bond donors (Lipinski definition) is 2. The number of rotatable bonds is 5. The third-order valence-corrected chi connectivity index (χ3v) is 2.39. The van der Waals surface area contributed by atoms with Crippen molar-refractivity contribution in [1.29, 1.82) is 0 Å². The maximum atomic E-state index is 13.6. The quantitative estimate of drug-likeness (QED) is 0.806. The van der Waals surface area contributed by atoms with Gasteiger partial charge >= 0.3 is 0 Å². The van der Waals surface area contributed by atoms with E-state index >= 15 is 0 Å². The van der Waals surface area contributed by atoms with Gasteiger partial charge in [0.2, 0.25) is 0 Å². The Morgan fingerprint density at radius 2 is 2.12 bits per heavy atom. The Labute approximate surface area is 95.2 Å². The van der Waals surface area contributed by atoms with E-state index in [1.807, 2.05) is 6.92 Å². The first-order valence-corrected chi connectivity index (χ1v) is 5.29. The van der Waals surface area contributed by atoms with Crippen molar-refractivity contribution in [2.24, 2.45) is 0 Å². The molecule has 0 aromatic heterocycles. The molecule has 0 saturated heterocycles. The van der Waals surface area contributed by atoms with Gasteiger partial charge in [-0.1, -0.05) is 6.07 Å². The summed E-state index contributed by atoms with van der Waals surface area (Å²) in [5.74, 6) is 0.203. The van der Waals surface area contributed by atoms with Crippen molar-refractivity contribution in [3.8, 4) is 5.75 Å². The minimum absolute atomic E-state index is 0.138. The van der Waals surface area contributed by atoms with Gasteiger partial charge < -0.3 is 15.2 Å². The Balaban J connectivity index is 2.71. The Morgan fingerprint density at radius 3 is 2.62 bits per heavy atom. The van der Waals surface area contributed by atoms with Crippen molar-refractivity contribution in [2.45, 2.75) is 26.0 Å². The molecule has 0 amide bonds. The van der Waals surface area contributed by atoms with E-state index in [9.17, 15) is 4.39 Å². The van der Waals surface area contributed by atoms with Crippen LogP contribution in [0, 0.1) is 5.82 Å². The smallest absolute Gasteiger partial charge is 0.131 e. The fourth-order valence-electron chi connectivity index (χ4n) is 1.44. The van der Waals surface area contributed by atoms with E-state index in [0.717, 1.165) is 0 Å². The van der Waals surface area contributed by atoms with Crippen LogP contribution in [0.3, 0.4) is 0 Å². The SMILES string of the molecule is COc1ccc(C(C)NCC(C)O)c(F)c1. The lowest BCUT2D eigenvalue weighted by atomic mass is 10.1. The van der Waals surface area contributed by atoms with Crippen LogP contribution in [0.15, 0.2) is 18.2 Å². The van der Waals surface area contributed by atoms with Crippen LogP contribution in [0.1, 0.15) is 25.5 Å². The molecule has 2 atom stereocenters. The summed E-state index contributed by atoms with van der Waals surface area (Å²) in [6, 6.07) is 4.63. The Morgan fingerprint density at radius 1 is 1.44 bits per heavy atom. The third kappa shape index (κ3) is 3.47. The van der Waals surface area contributed by atoms with Gasteiger partial charge in [0, 0.05) is 24.2 Å². The van der Waals surface area contributed by atoms with Crippen LogP contribution in [0.25, 0.3) is 0 Å². The summed E-state index contributed by atoms with van der Waals surface area (Å²) >= 11 is 0. The Hall–Kier alpha value is -1.13. The van der Waals surface area contributed by atoms with Crippen LogP contribution < -0.4 is 10.1 Å². The number of nitrogens with one attached hydrogen (secondary N) is 1. The molecule has 0 radical (unpaired) electrons. The first-order valence-electron chi connectivity index (χ1n) is 5.29. The zero-order valence-electron chi connectivity index (χ0n) is 9.83. The molecule has 0 aliphatic carbocycles. The average molecular weight is 227 g/mol. The normalized spacial score (nSPS) is 14.6. The summed E-state index contributed by atoms with van der Waals surface area (Å²) in [5, 5.41) is 12.2. The van der Waals surface area contributed by atoms with Gasteiger partial charge in [0.15, 0.2) is 0 Å². The summed E-state index contributed by atoms with van der Waals surface area (Å²) in [6.45, 7) is 3.98. The van der Waals surface area contributed by atoms with Crippen LogP contribution >= 0.6 is 0 Å². The molecule has 0 aliphatic rings. The molecule has 0 fully saturated rings. The van der Waals surface area contributed by atoms with E-state index in [-0.39, 0.29) is 11.9 Å². The lowest BCUT2D eigenvalue weighted by Gasteiger charge is -2.16. The van der Waals surface area contributed by atoms with Gasteiger partial charge in [0.25, 0.3) is 0 Å². The van der Waals surface area contributed by atoms with Gasteiger partial charge in [-0.25, -0.2) is 4.39 Å². The second-order valence-electron chi connectivity index (χ2n) is 3.87. The zero-order valence-corrected chi connectivity index (χ0v) is 9.83. The number of methoxy groups -OCH3 is 1. The molecular formula is C12H18FNO2. The maximum Gasteiger partial charge on any atom is 0.131 e. The Kier molecular flexibility index (Phi) is 4.71. The van der Waals surface area contributed by atoms with Gasteiger partial charge in [-0.2, -0.15) is 0 Å². The molecule has 0 spiro atoms. The van der Waals surface area contributed by atoms with Crippen molar-refractivity contribution in [1.82, 2.24) is 5.32 Å². The number of ether oxygens (including phenoxy) is 1. The minimum atomic E-state index is -0.441. The fraction of sp³-hybridized carbons (Fsp3) is 0.500. The summed E-state index contributed by atoms with van der Waals surface area (Å²) in [6.07, 6.45) is -0.441. The topological polar surface area (TPSA) is 41.5 Å². The molecule has 1 rings (SSSR count). The highest BCUT2D eigenvalue weighted by atomic mass is 19.1. The number of aliphatic hydroxyl groups excluding tert-OH is 1. The van der Waals surface area contributed by atoms with Gasteiger partial charge in [-0.05, 0) is 19.9 Å². The van der Waals surface area contributed by atoms with Crippen molar-refractivity contribution >= 4 is 0 Å². The van der Waals surface area contributed by atoms with Gasteiger partial charge in [-0.3, -0.25) is 0 Å². The molecule has 3 nitrogen and oxygen atoms in total. The fourth-order valence-corrected chi connectivity index (χ4v) is 1.44. The number of benzene rings is 1. The molecule has 1 aromatic carbocycles. The molecule has 0 heterocycles. The summed E-state index contributed by atoms with van der Waals surface area (Å²) in [5.41, 5.74) is 0.571. The van der Waals surface area contributed by atoms with Crippen molar-refractivity contribution in [3.63, 3.8) is 0 Å². The predicted octanol–water partition coefficient (Wildman–Crippen LogP) is 1.87. The molecule has 2 unspecified atom stereocenters. The van der Waals surface area contributed by atoms with Crippen LogP contribution in [0.2, 0.25) is 0 Å². The average Bonchev–Trinajstić information content (AvgIpc) is 2.25. The maximum absolute atomic E-state index is 13.6. The molecule has 0 saturated carbocycles. The molecular weight excluding hydrogens is 209 g/mol. The molecule has 0 aliphatic heterocycles. The highest BCUT2D eigenvalue weighted by molar-refractivity contribution is 5.30. The first kappa shape index (κ1) is 12.9. The standard InChI is InChI=1S/C12H18FNO2/c1-8(15)7-14-9(2)11-5-4-10(16-3)6-12(11)13/h4-6,8-9,14-15H,7H2,1-3H3. The van der Waals surface area contributed by atoms with Crippen molar-refractivity contribution in [2.75, 3.05) is 13.7 Å². The number of aliphatic hydroxyl groups is 1. The largest absolute Gasteiger partial charge is 0.497 e. The highest BCUT2D eigenvalue weighted by Crippen LogP contribution is 2.21. The number of hydrogen-bond acceptors (Lipinski definition) is 3. The minimum Gasteiger partial charge on any atom is -0.497 e. The van der Waals surface area contributed by atoms with E-state index in [2.05, 4.69) is 5.32 Å². The van der Waals surface area contributed by atoms with E-state index in [0.29, 0.717) is 17.9 Å². The summed E-state index contributed by atoms with van der Waals surface area (Å²) < 4.78 is 18.6. The van der Waals surface area contributed by atoms with Crippen LogP contribution in [0.5, 0.6) is 5.75 Å². The second-order valence-corrected chi connectivity index (χ2v) is 3.87. The van der Waals surface area contributed by atoms with Crippen LogP contribution in [-0.2, 0) is 0 Å². The molecule has 2 N–H and O–H groups in total. The van der Waals surface area contributed by atoms with E-state index in [4.69, 9.17) is 9.84 Å².